The Hall–Kier alpha value is -2.16. The Bertz CT molecular complexity index is 454. The molecule has 15 heavy (non-hydrogen) atoms. The van der Waals surface area contributed by atoms with Crippen LogP contribution in [0.25, 0.3) is 11.3 Å². The van der Waals surface area contributed by atoms with E-state index in [0.29, 0.717) is 12.2 Å². The lowest BCUT2D eigenvalue weighted by molar-refractivity contribution is -0.120. The molecule has 2 aromatic rings. The third-order valence-corrected chi connectivity index (χ3v) is 2.00. The highest BCUT2D eigenvalue weighted by molar-refractivity contribution is 5.68. The number of carbonyl (C=O) groups is 1. The number of benzene rings is 1. The van der Waals surface area contributed by atoms with E-state index in [9.17, 15) is 4.79 Å². The minimum atomic E-state index is 0.418. The predicted octanol–water partition coefficient (Wildman–Crippen LogP) is 2.28. The molecule has 1 heterocycles. The summed E-state index contributed by atoms with van der Waals surface area (Å²) in [5, 5.41) is 0. The van der Waals surface area contributed by atoms with E-state index in [1.807, 2.05) is 36.4 Å². The Balaban J connectivity index is 2.48. The number of nitrogens with zero attached hydrogens (tertiary/aromatic N) is 1. The summed E-state index contributed by atoms with van der Waals surface area (Å²) in [6, 6.07) is 12.9. The molecule has 0 unspecified atom stereocenters. The Labute approximate surface area is 87.3 Å². The zero-order chi connectivity index (χ0) is 10.5. The predicted molar refractivity (Wildman–Crippen MR) is 56.4 cm³/mol. The minimum Gasteiger partial charge on any atom is -0.428 e. The lowest BCUT2D eigenvalue weighted by Gasteiger charge is -2.05. The van der Waals surface area contributed by atoms with Crippen molar-refractivity contribution < 1.29 is 9.53 Å². The molecule has 0 aliphatic rings. The molecule has 1 aromatic heterocycles. The first-order valence-corrected chi connectivity index (χ1v) is 4.52. The summed E-state index contributed by atoms with van der Waals surface area (Å²) in [6.07, 6.45) is 1.70. The monoisotopic (exact) mass is 199 g/mol. The van der Waals surface area contributed by atoms with Gasteiger partial charge in [-0.3, -0.25) is 9.78 Å². The fraction of sp³-hybridized carbons (Fsp3) is 0. The van der Waals surface area contributed by atoms with Crippen LogP contribution in [0.1, 0.15) is 0 Å². The van der Waals surface area contributed by atoms with Gasteiger partial charge >= 0.3 is 0 Å². The first-order valence-electron chi connectivity index (χ1n) is 4.52. The molecule has 0 radical (unpaired) electrons. The van der Waals surface area contributed by atoms with Gasteiger partial charge in [-0.1, -0.05) is 18.2 Å². The van der Waals surface area contributed by atoms with E-state index in [1.54, 1.807) is 12.3 Å². The summed E-state index contributed by atoms with van der Waals surface area (Å²) in [5.41, 5.74) is 1.60. The molecular weight excluding hydrogens is 190 g/mol. The van der Waals surface area contributed by atoms with E-state index in [-0.39, 0.29) is 0 Å². The lowest BCUT2D eigenvalue weighted by Crippen LogP contribution is -1.92. The SMILES string of the molecule is O=COc1ccccc1-c1ccccn1. The van der Waals surface area contributed by atoms with Crippen LogP contribution in [0.2, 0.25) is 0 Å². The Kier molecular flexibility index (Phi) is 2.74. The van der Waals surface area contributed by atoms with Crippen molar-refractivity contribution in [3.05, 3.63) is 48.7 Å². The highest BCUT2D eigenvalue weighted by atomic mass is 16.5. The molecule has 0 spiro atoms. The summed E-state index contributed by atoms with van der Waals surface area (Å²) < 4.78 is 4.87. The molecule has 0 bridgehead atoms. The van der Waals surface area contributed by atoms with E-state index in [0.717, 1.165) is 11.3 Å². The van der Waals surface area contributed by atoms with Gasteiger partial charge in [-0.05, 0) is 24.3 Å². The fourth-order valence-corrected chi connectivity index (χ4v) is 1.35. The molecular formula is C12H9NO2. The van der Waals surface area contributed by atoms with Gasteiger partial charge in [-0.25, -0.2) is 0 Å². The van der Waals surface area contributed by atoms with Crippen molar-refractivity contribution in [2.75, 3.05) is 0 Å². The molecule has 0 N–H and O–H groups in total. The minimum absolute atomic E-state index is 0.418. The van der Waals surface area contributed by atoms with Crippen molar-refractivity contribution in [3.8, 4) is 17.0 Å². The Morgan fingerprint density at radius 3 is 2.60 bits per heavy atom. The maximum atomic E-state index is 10.3. The number of hydrogen-bond acceptors (Lipinski definition) is 3. The molecule has 0 aliphatic carbocycles. The third-order valence-electron chi connectivity index (χ3n) is 2.00. The van der Waals surface area contributed by atoms with Crippen molar-refractivity contribution >= 4 is 6.47 Å². The first kappa shape index (κ1) is 9.40. The third kappa shape index (κ3) is 2.02. The van der Waals surface area contributed by atoms with Crippen LogP contribution in [0, 0.1) is 0 Å². The van der Waals surface area contributed by atoms with Crippen LogP contribution in [0.4, 0.5) is 0 Å². The highest BCUT2D eigenvalue weighted by Crippen LogP contribution is 2.27. The van der Waals surface area contributed by atoms with Gasteiger partial charge in [0.25, 0.3) is 6.47 Å². The van der Waals surface area contributed by atoms with Gasteiger partial charge in [-0.15, -0.1) is 0 Å². The highest BCUT2D eigenvalue weighted by Gasteiger charge is 2.05. The molecule has 0 atom stereocenters. The van der Waals surface area contributed by atoms with Crippen LogP contribution in [-0.4, -0.2) is 11.5 Å². The number of pyridine rings is 1. The second-order valence-corrected chi connectivity index (χ2v) is 2.93. The smallest absolute Gasteiger partial charge is 0.298 e. The normalized spacial score (nSPS) is 9.60. The van der Waals surface area contributed by atoms with Gasteiger partial charge in [0, 0.05) is 11.8 Å². The largest absolute Gasteiger partial charge is 0.428 e. The van der Waals surface area contributed by atoms with Crippen LogP contribution in [0.15, 0.2) is 48.7 Å². The molecule has 0 amide bonds. The van der Waals surface area contributed by atoms with Crippen LogP contribution < -0.4 is 4.74 Å². The summed E-state index contributed by atoms with van der Waals surface area (Å²) in [5.74, 6) is 0.520. The number of para-hydroxylation sites is 1. The number of rotatable bonds is 3. The first-order chi connectivity index (χ1) is 7.42. The average Bonchev–Trinajstić information content (AvgIpc) is 2.31. The molecule has 0 fully saturated rings. The number of aromatic nitrogens is 1. The van der Waals surface area contributed by atoms with Gasteiger partial charge in [0.05, 0.1) is 5.69 Å². The maximum absolute atomic E-state index is 10.3. The molecule has 0 saturated heterocycles. The Morgan fingerprint density at radius 2 is 1.87 bits per heavy atom. The van der Waals surface area contributed by atoms with Crippen LogP contribution >= 0.6 is 0 Å². The average molecular weight is 199 g/mol. The zero-order valence-corrected chi connectivity index (χ0v) is 7.96. The van der Waals surface area contributed by atoms with Crippen molar-refractivity contribution in [1.82, 2.24) is 4.98 Å². The quantitative estimate of drug-likeness (QED) is 0.712. The maximum Gasteiger partial charge on any atom is 0.298 e. The van der Waals surface area contributed by atoms with Crippen molar-refractivity contribution in [2.24, 2.45) is 0 Å². The summed E-state index contributed by atoms with van der Waals surface area (Å²) >= 11 is 0. The van der Waals surface area contributed by atoms with E-state index in [2.05, 4.69) is 4.98 Å². The van der Waals surface area contributed by atoms with Gasteiger partial charge in [0.15, 0.2) is 0 Å². The molecule has 0 saturated carbocycles. The zero-order valence-electron chi connectivity index (χ0n) is 7.96. The second kappa shape index (κ2) is 4.37. The second-order valence-electron chi connectivity index (χ2n) is 2.93. The number of ether oxygens (including phenoxy) is 1. The summed E-state index contributed by atoms with van der Waals surface area (Å²) in [6.45, 7) is 0.418. The molecule has 74 valence electrons. The molecule has 3 nitrogen and oxygen atoms in total. The Morgan fingerprint density at radius 1 is 1.07 bits per heavy atom. The summed E-state index contributed by atoms with van der Waals surface area (Å²) in [4.78, 5) is 14.5. The van der Waals surface area contributed by atoms with Crippen LogP contribution in [0.3, 0.4) is 0 Å². The van der Waals surface area contributed by atoms with Crippen LogP contribution in [0.5, 0.6) is 5.75 Å². The topological polar surface area (TPSA) is 39.2 Å². The van der Waals surface area contributed by atoms with E-state index >= 15 is 0 Å². The molecule has 0 aliphatic heterocycles. The van der Waals surface area contributed by atoms with E-state index in [1.165, 1.54) is 0 Å². The van der Waals surface area contributed by atoms with Gasteiger partial charge in [-0.2, -0.15) is 0 Å². The van der Waals surface area contributed by atoms with Crippen molar-refractivity contribution in [1.29, 1.82) is 0 Å². The van der Waals surface area contributed by atoms with E-state index in [4.69, 9.17) is 4.74 Å². The lowest BCUT2D eigenvalue weighted by atomic mass is 10.1. The number of hydrogen-bond donors (Lipinski definition) is 0. The van der Waals surface area contributed by atoms with Gasteiger partial charge in [0.1, 0.15) is 5.75 Å². The van der Waals surface area contributed by atoms with Gasteiger partial charge < -0.3 is 4.74 Å². The van der Waals surface area contributed by atoms with Crippen molar-refractivity contribution in [3.63, 3.8) is 0 Å². The fourth-order valence-electron chi connectivity index (χ4n) is 1.35. The molecule has 2 rings (SSSR count). The van der Waals surface area contributed by atoms with Gasteiger partial charge in [0.2, 0.25) is 0 Å². The van der Waals surface area contributed by atoms with Crippen molar-refractivity contribution in [2.45, 2.75) is 0 Å². The molecule has 1 aromatic carbocycles. The van der Waals surface area contributed by atoms with Crippen LogP contribution in [-0.2, 0) is 4.79 Å². The molecule has 3 heteroatoms. The summed E-state index contributed by atoms with van der Waals surface area (Å²) in [7, 11) is 0. The standard InChI is InChI=1S/C12H9NO2/c14-9-15-12-7-2-1-5-10(12)11-6-3-4-8-13-11/h1-9H. The van der Waals surface area contributed by atoms with E-state index < -0.39 is 0 Å². The number of carbonyl (C=O) groups excluding carboxylic acids is 1.